The number of ether oxygens (including phenoxy) is 1. The summed E-state index contributed by atoms with van der Waals surface area (Å²) in [6.07, 6.45) is 0. The van der Waals surface area contributed by atoms with Crippen molar-refractivity contribution in [3.8, 4) is 0 Å². The normalized spacial score (nSPS) is 10.4. The maximum absolute atomic E-state index is 10.8. The van der Waals surface area contributed by atoms with E-state index in [-0.39, 0.29) is 5.56 Å². The van der Waals surface area contributed by atoms with Gasteiger partial charge in [-0.2, -0.15) is 0 Å². The van der Waals surface area contributed by atoms with Gasteiger partial charge in [0.25, 0.3) is 0 Å². The van der Waals surface area contributed by atoms with Gasteiger partial charge in [-0.1, -0.05) is 52.3 Å². The number of hydrogen-bond donors (Lipinski definition) is 1. The second-order valence-corrected chi connectivity index (χ2v) is 4.94. The molecule has 0 saturated heterocycles. The minimum atomic E-state index is -0.933. The van der Waals surface area contributed by atoms with E-state index in [1.165, 1.54) is 0 Å². The number of aromatic carboxylic acids is 1. The van der Waals surface area contributed by atoms with Crippen LogP contribution in [0.2, 0.25) is 0 Å². The third-order valence-electron chi connectivity index (χ3n) is 2.67. The third kappa shape index (κ3) is 3.91. The molecule has 98 valence electrons. The predicted octanol–water partition coefficient (Wildman–Crippen LogP) is 3.86. The summed E-state index contributed by atoms with van der Waals surface area (Å²) < 4.78 is 6.36. The monoisotopic (exact) mass is 320 g/mol. The Morgan fingerprint density at radius 2 is 1.84 bits per heavy atom. The van der Waals surface area contributed by atoms with Crippen molar-refractivity contribution in [1.29, 1.82) is 0 Å². The molecule has 0 bridgehead atoms. The molecule has 0 aliphatic rings. The zero-order chi connectivity index (χ0) is 13.7. The Morgan fingerprint density at radius 1 is 1.11 bits per heavy atom. The molecule has 0 heterocycles. The standard InChI is InChI=1S/C15H13BrO3/c16-14-8-12(15(17)18)6-7-13(14)10-19-9-11-4-2-1-3-5-11/h1-8H,9-10H2,(H,17,18). The molecule has 0 atom stereocenters. The van der Waals surface area contributed by atoms with Gasteiger partial charge < -0.3 is 9.84 Å². The van der Waals surface area contributed by atoms with E-state index in [4.69, 9.17) is 9.84 Å². The lowest BCUT2D eigenvalue weighted by molar-refractivity contribution is 0.0696. The average Bonchev–Trinajstić information content (AvgIpc) is 2.41. The average molecular weight is 321 g/mol. The molecule has 2 aromatic carbocycles. The highest BCUT2D eigenvalue weighted by atomic mass is 79.9. The Kier molecular flexibility index (Phi) is 4.71. The fraction of sp³-hybridized carbons (Fsp3) is 0.133. The van der Waals surface area contributed by atoms with Crippen LogP contribution in [0.25, 0.3) is 0 Å². The van der Waals surface area contributed by atoms with Crippen LogP contribution >= 0.6 is 15.9 Å². The largest absolute Gasteiger partial charge is 0.478 e. The lowest BCUT2D eigenvalue weighted by Gasteiger charge is -2.07. The van der Waals surface area contributed by atoms with Gasteiger partial charge in [-0.25, -0.2) is 4.79 Å². The number of hydrogen-bond acceptors (Lipinski definition) is 2. The SMILES string of the molecule is O=C(O)c1ccc(COCc2ccccc2)c(Br)c1. The lowest BCUT2D eigenvalue weighted by Crippen LogP contribution is -1.99. The van der Waals surface area contributed by atoms with Crippen molar-refractivity contribution in [3.05, 3.63) is 69.7 Å². The van der Waals surface area contributed by atoms with Crippen LogP contribution in [0.15, 0.2) is 53.0 Å². The van der Waals surface area contributed by atoms with Crippen LogP contribution in [0, 0.1) is 0 Å². The summed E-state index contributed by atoms with van der Waals surface area (Å²) in [7, 11) is 0. The molecular formula is C15H13BrO3. The van der Waals surface area contributed by atoms with E-state index >= 15 is 0 Å². The first-order valence-corrected chi connectivity index (χ1v) is 6.59. The Bertz CT molecular complexity index is 567. The zero-order valence-corrected chi connectivity index (χ0v) is 11.8. The second kappa shape index (κ2) is 6.50. The maximum Gasteiger partial charge on any atom is 0.335 e. The van der Waals surface area contributed by atoms with Crippen molar-refractivity contribution in [2.24, 2.45) is 0 Å². The smallest absolute Gasteiger partial charge is 0.335 e. The fourth-order valence-corrected chi connectivity index (χ4v) is 2.14. The van der Waals surface area contributed by atoms with Crippen molar-refractivity contribution in [1.82, 2.24) is 0 Å². The van der Waals surface area contributed by atoms with Gasteiger partial charge >= 0.3 is 5.97 Å². The first-order chi connectivity index (χ1) is 9.16. The maximum atomic E-state index is 10.8. The van der Waals surface area contributed by atoms with Gasteiger partial charge in [0.15, 0.2) is 0 Å². The zero-order valence-electron chi connectivity index (χ0n) is 10.2. The summed E-state index contributed by atoms with van der Waals surface area (Å²) in [5.41, 5.74) is 2.31. The van der Waals surface area contributed by atoms with E-state index in [0.29, 0.717) is 13.2 Å². The Labute approximate surface area is 120 Å². The highest BCUT2D eigenvalue weighted by molar-refractivity contribution is 9.10. The van der Waals surface area contributed by atoms with Crippen molar-refractivity contribution in [2.75, 3.05) is 0 Å². The van der Waals surface area contributed by atoms with E-state index in [1.54, 1.807) is 18.2 Å². The van der Waals surface area contributed by atoms with E-state index in [1.807, 2.05) is 30.3 Å². The van der Waals surface area contributed by atoms with E-state index in [2.05, 4.69) is 15.9 Å². The topological polar surface area (TPSA) is 46.5 Å². The van der Waals surface area contributed by atoms with E-state index < -0.39 is 5.97 Å². The van der Waals surface area contributed by atoms with Gasteiger partial charge in [0.05, 0.1) is 18.8 Å². The molecule has 2 aromatic rings. The molecule has 2 rings (SSSR count). The molecule has 0 fully saturated rings. The van der Waals surface area contributed by atoms with Crippen molar-refractivity contribution in [3.63, 3.8) is 0 Å². The quantitative estimate of drug-likeness (QED) is 0.909. The van der Waals surface area contributed by atoms with Gasteiger partial charge in [-0.05, 0) is 23.3 Å². The molecule has 0 aromatic heterocycles. The van der Waals surface area contributed by atoms with Crippen molar-refractivity contribution < 1.29 is 14.6 Å². The molecule has 0 saturated carbocycles. The molecule has 1 N–H and O–H groups in total. The van der Waals surface area contributed by atoms with E-state index in [0.717, 1.165) is 15.6 Å². The number of carboxylic acids is 1. The molecule has 0 aliphatic heterocycles. The highest BCUT2D eigenvalue weighted by Gasteiger charge is 2.06. The molecule has 0 amide bonds. The fourth-order valence-electron chi connectivity index (χ4n) is 1.65. The Hall–Kier alpha value is -1.65. The van der Waals surface area contributed by atoms with Gasteiger partial charge in [0.1, 0.15) is 0 Å². The van der Waals surface area contributed by atoms with Gasteiger partial charge in [0, 0.05) is 4.47 Å². The van der Waals surface area contributed by atoms with E-state index in [9.17, 15) is 4.79 Å². The second-order valence-electron chi connectivity index (χ2n) is 4.09. The molecule has 0 spiro atoms. The third-order valence-corrected chi connectivity index (χ3v) is 3.41. The van der Waals surface area contributed by atoms with Crippen LogP contribution in [-0.2, 0) is 18.0 Å². The van der Waals surface area contributed by atoms with Gasteiger partial charge in [-0.3, -0.25) is 0 Å². The summed E-state index contributed by atoms with van der Waals surface area (Å²) in [6, 6.07) is 14.8. The molecule has 19 heavy (non-hydrogen) atoms. The van der Waals surface area contributed by atoms with Crippen LogP contribution in [-0.4, -0.2) is 11.1 Å². The molecular weight excluding hydrogens is 308 g/mol. The number of benzene rings is 2. The molecule has 0 radical (unpaired) electrons. The van der Waals surface area contributed by atoms with Gasteiger partial charge in [-0.15, -0.1) is 0 Å². The molecule has 3 nitrogen and oxygen atoms in total. The van der Waals surface area contributed by atoms with Crippen LogP contribution in [0.5, 0.6) is 0 Å². The van der Waals surface area contributed by atoms with Crippen molar-refractivity contribution >= 4 is 21.9 Å². The summed E-state index contributed by atoms with van der Waals surface area (Å²) in [5, 5.41) is 8.87. The van der Waals surface area contributed by atoms with Gasteiger partial charge in [0.2, 0.25) is 0 Å². The summed E-state index contributed by atoms with van der Waals surface area (Å²) in [5.74, 6) is -0.933. The molecule has 4 heteroatoms. The highest BCUT2D eigenvalue weighted by Crippen LogP contribution is 2.20. The summed E-state index contributed by atoms with van der Waals surface area (Å²) >= 11 is 3.36. The number of carboxylic acid groups (broad SMARTS) is 1. The molecule has 0 unspecified atom stereocenters. The minimum Gasteiger partial charge on any atom is -0.478 e. The van der Waals surface area contributed by atoms with Crippen LogP contribution < -0.4 is 0 Å². The lowest BCUT2D eigenvalue weighted by atomic mass is 10.1. The summed E-state index contributed by atoms with van der Waals surface area (Å²) in [4.78, 5) is 10.8. The number of halogens is 1. The molecule has 0 aliphatic carbocycles. The Balaban J connectivity index is 1.95. The summed E-state index contributed by atoms with van der Waals surface area (Å²) in [6.45, 7) is 0.976. The Morgan fingerprint density at radius 3 is 2.47 bits per heavy atom. The minimum absolute atomic E-state index is 0.263. The number of rotatable bonds is 5. The predicted molar refractivity (Wildman–Crippen MR) is 76.0 cm³/mol. The number of carbonyl (C=O) groups is 1. The first kappa shape index (κ1) is 13.8. The van der Waals surface area contributed by atoms with Crippen molar-refractivity contribution in [2.45, 2.75) is 13.2 Å². The van der Waals surface area contributed by atoms with Crippen LogP contribution in [0.3, 0.4) is 0 Å². The van der Waals surface area contributed by atoms with Crippen LogP contribution in [0.1, 0.15) is 21.5 Å². The first-order valence-electron chi connectivity index (χ1n) is 5.80. The van der Waals surface area contributed by atoms with Crippen LogP contribution in [0.4, 0.5) is 0 Å².